The van der Waals surface area contributed by atoms with Gasteiger partial charge in [0, 0.05) is 29.5 Å². The molecule has 176 valence electrons. The summed E-state index contributed by atoms with van der Waals surface area (Å²) in [6, 6.07) is 4.46. The van der Waals surface area contributed by atoms with Crippen LogP contribution in [-0.4, -0.2) is 38.2 Å². The number of benzene rings is 1. The van der Waals surface area contributed by atoms with Gasteiger partial charge in [0.2, 0.25) is 5.82 Å². The highest BCUT2D eigenvalue weighted by molar-refractivity contribution is 7.98. The van der Waals surface area contributed by atoms with Crippen LogP contribution in [0.4, 0.5) is 19.4 Å². The van der Waals surface area contributed by atoms with Crippen molar-refractivity contribution in [2.45, 2.75) is 31.3 Å². The lowest BCUT2D eigenvalue weighted by Gasteiger charge is -2.52. The van der Waals surface area contributed by atoms with Gasteiger partial charge < -0.3 is 9.47 Å². The summed E-state index contributed by atoms with van der Waals surface area (Å²) in [4.78, 5) is 22.4. The van der Waals surface area contributed by atoms with E-state index in [0.29, 0.717) is 18.4 Å². The van der Waals surface area contributed by atoms with Gasteiger partial charge in [0.15, 0.2) is 23.1 Å². The van der Waals surface area contributed by atoms with E-state index in [1.165, 1.54) is 35.6 Å². The maximum Gasteiger partial charge on any atom is 0.416 e. The number of hydrogen-bond acceptors (Lipinski definition) is 10. The molecule has 2 aromatic heterocycles. The van der Waals surface area contributed by atoms with E-state index in [2.05, 4.69) is 29.6 Å². The molecule has 2 aliphatic rings. The molecule has 1 aliphatic heterocycles. The maximum absolute atomic E-state index is 15.3. The molecule has 0 unspecified atom stereocenters. The van der Waals surface area contributed by atoms with E-state index < -0.39 is 23.3 Å². The number of rotatable bonds is 7. The van der Waals surface area contributed by atoms with Gasteiger partial charge >= 0.3 is 12.1 Å². The van der Waals surface area contributed by atoms with E-state index in [9.17, 15) is 4.79 Å². The van der Waals surface area contributed by atoms with Crippen LogP contribution in [0.25, 0.3) is 0 Å². The quantitative estimate of drug-likeness (QED) is 0.475. The van der Waals surface area contributed by atoms with E-state index in [1.54, 1.807) is 13.1 Å². The highest BCUT2D eigenvalue weighted by Crippen LogP contribution is 2.54. The Hall–Kier alpha value is -3.58. The van der Waals surface area contributed by atoms with Crippen LogP contribution in [-0.2, 0) is 12.1 Å². The molecule has 0 atom stereocenters. The normalized spacial score (nSPS) is 16.0. The van der Waals surface area contributed by atoms with Gasteiger partial charge in [-0.05, 0) is 44.5 Å². The zero-order valence-electron chi connectivity index (χ0n) is 17.9. The third-order valence-corrected chi connectivity index (χ3v) is 6.38. The number of aromatic nitrogens is 4. The highest BCUT2D eigenvalue weighted by atomic mass is 32.2. The fourth-order valence-electron chi connectivity index (χ4n) is 4.14. The van der Waals surface area contributed by atoms with Crippen LogP contribution < -0.4 is 18.9 Å². The number of anilines is 1. The van der Waals surface area contributed by atoms with Crippen molar-refractivity contribution in [3.05, 3.63) is 59.6 Å². The number of nitrogens with one attached hydrogen (secondary N) is 2. The van der Waals surface area contributed by atoms with Crippen LogP contribution in [0.15, 0.2) is 36.8 Å². The van der Waals surface area contributed by atoms with Crippen molar-refractivity contribution < 1.29 is 23.0 Å². The maximum atomic E-state index is 15.3. The van der Waals surface area contributed by atoms with Gasteiger partial charge in [-0.15, -0.1) is 0 Å². The first-order valence-corrected chi connectivity index (χ1v) is 11.2. The van der Waals surface area contributed by atoms with Gasteiger partial charge in [-0.2, -0.15) is 9.49 Å². The van der Waals surface area contributed by atoms with Crippen LogP contribution in [0.2, 0.25) is 0 Å². The Labute approximate surface area is 197 Å². The molecule has 3 heterocycles. The van der Waals surface area contributed by atoms with Crippen molar-refractivity contribution in [1.82, 2.24) is 29.8 Å². The fourth-order valence-corrected chi connectivity index (χ4v) is 4.48. The Morgan fingerprint density at radius 1 is 1.18 bits per heavy atom. The molecular weight excluding hydrogens is 468 g/mol. The second-order valence-electron chi connectivity index (χ2n) is 7.66. The second-order valence-corrected chi connectivity index (χ2v) is 8.48. The number of pyridine rings is 1. The van der Waals surface area contributed by atoms with Crippen LogP contribution in [0.3, 0.4) is 0 Å². The average Bonchev–Trinajstić information content (AvgIpc) is 2.82. The van der Waals surface area contributed by atoms with Gasteiger partial charge in [-0.1, -0.05) is 5.10 Å². The summed E-state index contributed by atoms with van der Waals surface area (Å²) < 4.78 is 46.7. The molecular formula is C21H19F2N7O3S. The highest BCUT2D eigenvalue weighted by Gasteiger charge is 2.53. The standard InChI is InChI=1S/C21H19F2N7O3S/c1-24-34-29-18-15(22)12(5-8-25-18)11-30-20(31)33-17-13(21(30)6-2-7-21)3-4-14(16(17)23)32-19-26-9-10-27-28-19/h3-5,8-10,24H,2,6-7,11H2,1H3,(H,25,29). The van der Waals surface area contributed by atoms with Gasteiger partial charge in [-0.3, -0.25) is 9.62 Å². The summed E-state index contributed by atoms with van der Waals surface area (Å²) in [5, 5.41) is 7.31. The van der Waals surface area contributed by atoms with E-state index in [-0.39, 0.29) is 35.4 Å². The van der Waals surface area contributed by atoms with Crippen molar-refractivity contribution in [3.63, 3.8) is 0 Å². The molecule has 1 saturated carbocycles. The third kappa shape index (κ3) is 3.76. The molecule has 10 nitrogen and oxygen atoms in total. The molecule has 1 aliphatic carbocycles. The molecule has 1 amide bonds. The monoisotopic (exact) mass is 487 g/mol. The summed E-state index contributed by atoms with van der Waals surface area (Å²) in [6.07, 6.45) is 5.42. The molecule has 0 saturated heterocycles. The van der Waals surface area contributed by atoms with Gasteiger partial charge in [0.05, 0.1) is 24.5 Å². The summed E-state index contributed by atoms with van der Waals surface area (Å²) >= 11 is 1.07. The molecule has 13 heteroatoms. The predicted molar refractivity (Wildman–Crippen MR) is 118 cm³/mol. The Balaban J connectivity index is 1.47. The first-order valence-electron chi connectivity index (χ1n) is 10.4. The average molecular weight is 487 g/mol. The van der Waals surface area contributed by atoms with E-state index in [0.717, 1.165) is 18.6 Å². The largest absolute Gasteiger partial charge is 0.420 e. The van der Waals surface area contributed by atoms with Gasteiger partial charge in [-0.25, -0.2) is 23.9 Å². The van der Waals surface area contributed by atoms with Gasteiger partial charge in [0.1, 0.15) is 0 Å². The Bertz CT molecular complexity index is 1230. The zero-order chi connectivity index (χ0) is 23.7. The van der Waals surface area contributed by atoms with E-state index in [4.69, 9.17) is 9.47 Å². The lowest BCUT2D eigenvalue weighted by Crippen LogP contribution is -2.57. The van der Waals surface area contributed by atoms with Gasteiger partial charge in [0.25, 0.3) is 0 Å². The summed E-state index contributed by atoms with van der Waals surface area (Å²) in [5.41, 5.74) is -0.0402. The Morgan fingerprint density at radius 3 is 2.74 bits per heavy atom. The third-order valence-electron chi connectivity index (χ3n) is 5.88. The van der Waals surface area contributed by atoms with Crippen LogP contribution >= 0.6 is 12.1 Å². The molecule has 0 radical (unpaired) electrons. The van der Waals surface area contributed by atoms with Crippen molar-refractivity contribution in [2.24, 2.45) is 0 Å². The molecule has 1 spiro atoms. The zero-order valence-corrected chi connectivity index (χ0v) is 18.7. The molecule has 1 fully saturated rings. The number of amides is 1. The van der Waals surface area contributed by atoms with Crippen molar-refractivity contribution in [1.29, 1.82) is 0 Å². The smallest absolute Gasteiger partial charge is 0.416 e. The number of hydrogen-bond donors (Lipinski definition) is 2. The summed E-state index contributed by atoms with van der Waals surface area (Å²) in [7, 11) is 1.68. The predicted octanol–water partition coefficient (Wildman–Crippen LogP) is 3.93. The fraction of sp³-hybridized carbons (Fsp3) is 0.286. The topological polar surface area (TPSA) is 114 Å². The Morgan fingerprint density at radius 2 is 2.03 bits per heavy atom. The molecule has 34 heavy (non-hydrogen) atoms. The summed E-state index contributed by atoms with van der Waals surface area (Å²) in [5.74, 6) is -1.78. The number of fused-ring (bicyclic) bond motifs is 2. The van der Waals surface area contributed by atoms with Crippen LogP contribution in [0.1, 0.15) is 30.4 Å². The molecule has 5 rings (SSSR count). The minimum atomic E-state index is -0.838. The SMILES string of the molecule is CNSNc1nccc(CN2C(=O)Oc3c(ccc(Oc4nccnn4)c3F)C23CCC3)c1F. The number of nitrogens with zero attached hydrogens (tertiary/aromatic N) is 5. The van der Waals surface area contributed by atoms with Crippen molar-refractivity contribution in [2.75, 3.05) is 11.8 Å². The number of ether oxygens (including phenoxy) is 2. The summed E-state index contributed by atoms with van der Waals surface area (Å²) in [6.45, 7) is -0.0606. The first-order chi connectivity index (χ1) is 16.5. The second kappa shape index (κ2) is 8.99. The number of carbonyl (C=O) groups is 1. The Kier molecular flexibility index (Phi) is 5.87. The molecule has 1 aromatic carbocycles. The number of halogens is 2. The van der Waals surface area contributed by atoms with Crippen LogP contribution in [0, 0.1) is 11.6 Å². The lowest BCUT2D eigenvalue weighted by molar-refractivity contribution is -0.000313. The van der Waals surface area contributed by atoms with E-state index >= 15 is 8.78 Å². The molecule has 0 bridgehead atoms. The van der Waals surface area contributed by atoms with Crippen LogP contribution in [0.5, 0.6) is 17.5 Å². The number of carbonyl (C=O) groups excluding carboxylic acids is 1. The minimum absolute atomic E-state index is 0.0377. The minimum Gasteiger partial charge on any atom is -0.420 e. The van der Waals surface area contributed by atoms with Crippen molar-refractivity contribution in [3.8, 4) is 17.5 Å². The van der Waals surface area contributed by atoms with Crippen molar-refractivity contribution >= 4 is 24.0 Å². The molecule has 2 N–H and O–H groups in total. The van der Waals surface area contributed by atoms with E-state index in [1.807, 2.05) is 0 Å². The molecule has 3 aromatic rings. The lowest BCUT2D eigenvalue weighted by atomic mass is 9.69. The first kappa shape index (κ1) is 22.2.